The summed E-state index contributed by atoms with van der Waals surface area (Å²) in [6.07, 6.45) is 1.57. The van der Waals surface area contributed by atoms with Crippen molar-refractivity contribution in [1.82, 2.24) is 30.0 Å². The van der Waals surface area contributed by atoms with Gasteiger partial charge in [0.2, 0.25) is 5.91 Å². The van der Waals surface area contributed by atoms with Gasteiger partial charge in [0.25, 0.3) is 5.91 Å². The van der Waals surface area contributed by atoms with Crippen molar-refractivity contribution >= 4 is 22.8 Å². The summed E-state index contributed by atoms with van der Waals surface area (Å²) in [6, 6.07) is 7.54. The van der Waals surface area contributed by atoms with Crippen LogP contribution in [0.15, 0.2) is 24.3 Å². The van der Waals surface area contributed by atoms with Crippen LogP contribution >= 0.6 is 0 Å². The van der Waals surface area contributed by atoms with E-state index in [1.165, 1.54) is 0 Å². The molecule has 0 saturated carbocycles. The fraction of sp³-hybridized carbons (Fsp3) is 0.478. The van der Waals surface area contributed by atoms with E-state index >= 15 is 0 Å². The number of benzene rings is 1. The van der Waals surface area contributed by atoms with Gasteiger partial charge in [0.15, 0.2) is 0 Å². The minimum absolute atomic E-state index is 0.00817. The number of rotatable bonds is 5. The molecule has 0 unspecified atom stereocenters. The lowest BCUT2D eigenvalue weighted by molar-refractivity contribution is -0.132. The number of likely N-dealkylation sites (tertiary alicyclic amines) is 1. The van der Waals surface area contributed by atoms with Crippen LogP contribution in [0.5, 0.6) is 0 Å². The summed E-state index contributed by atoms with van der Waals surface area (Å²) in [5.74, 6) is 0.768. The van der Waals surface area contributed by atoms with E-state index in [-0.39, 0.29) is 11.8 Å². The maximum absolute atomic E-state index is 13.1. The molecule has 8 nitrogen and oxygen atoms in total. The SMILES string of the molecule is Cc1cc(C)n(CCNC(=O)[C@]2(C)CCCN(C(=O)c3ccc4nc(C)[nH]c4c3)C2)n1. The molecule has 1 aliphatic heterocycles. The van der Waals surface area contributed by atoms with E-state index in [1.54, 1.807) is 4.90 Å². The van der Waals surface area contributed by atoms with E-state index < -0.39 is 5.41 Å². The van der Waals surface area contributed by atoms with Gasteiger partial charge in [-0.1, -0.05) is 0 Å². The minimum atomic E-state index is -0.600. The molecule has 8 heteroatoms. The normalized spacial score (nSPS) is 19.0. The molecular formula is C23H30N6O2. The second kappa shape index (κ2) is 8.17. The van der Waals surface area contributed by atoms with Gasteiger partial charge in [-0.15, -0.1) is 0 Å². The molecule has 164 valence electrons. The Morgan fingerprint density at radius 1 is 1.23 bits per heavy atom. The second-order valence-corrected chi connectivity index (χ2v) is 8.85. The maximum atomic E-state index is 13.1. The molecule has 0 spiro atoms. The van der Waals surface area contributed by atoms with Crippen molar-refractivity contribution in [2.24, 2.45) is 5.41 Å². The van der Waals surface area contributed by atoms with E-state index in [1.807, 2.05) is 56.6 Å². The molecule has 1 fully saturated rings. The highest BCUT2D eigenvalue weighted by Crippen LogP contribution is 2.31. The third kappa shape index (κ3) is 4.33. The number of imidazole rings is 1. The summed E-state index contributed by atoms with van der Waals surface area (Å²) in [7, 11) is 0. The first-order valence-corrected chi connectivity index (χ1v) is 10.8. The zero-order valence-electron chi connectivity index (χ0n) is 18.7. The molecule has 2 amide bonds. The Hall–Kier alpha value is -3.16. The number of fused-ring (bicyclic) bond motifs is 1. The molecule has 1 saturated heterocycles. The zero-order valence-corrected chi connectivity index (χ0v) is 18.7. The number of hydrogen-bond acceptors (Lipinski definition) is 4. The predicted molar refractivity (Wildman–Crippen MR) is 119 cm³/mol. The summed E-state index contributed by atoms with van der Waals surface area (Å²) in [4.78, 5) is 35.5. The third-order valence-electron chi connectivity index (χ3n) is 6.09. The summed E-state index contributed by atoms with van der Waals surface area (Å²) < 4.78 is 1.90. The Labute approximate surface area is 182 Å². The van der Waals surface area contributed by atoms with Gasteiger partial charge < -0.3 is 15.2 Å². The highest BCUT2D eigenvalue weighted by atomic mass is 16.2. The van der Waals surface area contributed by atoms with Gasteiger partial charge in [0, 0.05) is 30.9 Å². The predicted octanol–water partition coefficient (Wildman–Crippen LogP) is 2.74. The maximum Gasteiger partial charge on any atom is 0.253 e. The first-order chi connectivity index (χ1) is 14.7. The minimum Gasteiger partial charge on any atom is -0.354 e. The highest BCUT2D eigenvalue weighted by molar-refractivity contribution is 5.98. The van der Waals surface area contributed by atoms with Gasteiger partial charge in [-0.3, -0.25) is 14.3 Å². The number of H-pyrrole nitrogens is 1. The Bertz CT molecular complexity index is 1130. The summed E-state index contributed by atoms with van der Waals surface area (Å²) in [6.45, 7) is 10.0. The van der Waals surface area contributed by atoms with Crippen molar-refractivity contribution in [3.05, 3.63) is 47.0 Å². The first-order valence-electron chi connectivity index (χ1n) is 10.8. The van der Waals surface area contributed by atoms with Crippen LogP contribution in [0.25, 0.3) is 11.0 Å². The Kier molecular flexibility index (Phi) is 5.56. The molecular weight excluding hydrogens is 392 g/mol. The monoisotopic (exact) mass is 422 g/mol. The molecule has 31 heavy (non-hydrogen) atoms. The Morgan fingerprint density at radius 3 is 2.77 bits per heavy atom. The third-order valence-corrected chi connectivity index (χ3v) is 6.09. The molecule has 1 atom stereocenters. The summed E-state index contributed by atoms with van der Waals surface area (Å²) >= 11 is 0. The van der Waals surface area contributed by atoms with E-state index in [0.717, 1.165) is 41.1 Å². The molecule has 3 heterocycles. The van der Waals surface area contributed by atoms with Gasteiger partial charge >= 0.3 is 0 Å². The summed E-state index contributed by atoms with van der Waals surface area (Å²) in [5.41, 5.74) is 3.77. The topological polar surface area (TPSA) is 95.9 Å². The molecule has 4 rings (SSSR count). The second-order valence-electron chi connectivity index (χ2n) is 8.85. The van der Waals surface area contributed by atoms with Crippen LogP contribution in [-0.4, -0.2) is 56.1 Å². The number of aromatic nitrogens is 4. The van der Waals surface area contributed by atoms with Crippen LogP contribution in [0.1, 0.15) is 47.3 Å². The fourth-order valence-electron chi connectivity index (χ4n) is 4.44. The van der Waals surface area contributed by atoms with Crippen molar-refractivity contribution in [2.75, 3.05) is 19.6 Å². The van der Waals surface area contributed by atoms with Crippen LogP contribution < -0.4 is 5.32 Å². The van der Waals surface area contributed by atoms with E-state index in [0.29, 0.717) is 31.7 Å². The number of aromatic amines is 1. The average molecular weight is 423 g/mol. The van der Waals surface area contributed by atoms with Crippen LogP contribution in [0.2, 0.25) is 0 Å². The quantitative estimate of drug-likeness (QED) is 0.661. The van der Waals surface area contributed by atoms with Crippen LogP contribution in [0, 0.1) is 26.2 Å². The zero-order chi connectivity index (χ0) is 22.2. The number of hydrogen-bond donors (Lipinski definition) is 2. The van der Waals surface area contributed by atoms with Crippen LogP contribution in [-0.2, 0) is 11.3 Å². The Balaban J connectivity index is 1.40. The van der Waals surface area contributed by atoms with Crippen LogP contribution in [0.4, 0.5) is 0 Å². The van der Waals surface area contributed by atoms with E-state index in [9.17, 15) is 9.59 Å². The van der Waals surface area contributed by atoms with Crippen LogP contribution in [0.3, 0.4) is 0 Å². The van der Waals surface area contributed by atoms with Crippen molar-refractivity contribution in [1.29, 1.82) is 0 Å². The number of carbonyl (C=O) groups is 2. The molecule has 1 aliphatic rings. The smallest absolute Gasteiger partial charge is 0.253 e. The number of piperidine rings is 1. The fourth-order valence-corrected chi connectivity index (χ4v) is 4.44. The molecule has 3 aromatic rings. The van der Waals surface area contributed by atoms with E-state index in [4.69, 9.17) is 0 Å². The molecule has 0 bridgehead atoms. The number of amides is 2. The molecule has 2 N–H and O–H groups in total. The lowest BCUT2D eigenvalue weighted by atomic mass is 9.80. The van der Waals surface area contributed by atoms with Gasteiger partial charge in [-0.05, 0) is 64.8 Å². The number of nitrogens with zero attached hydrogens (tertiary/aromatic N) is 4. The molecule has 2 aromatic heterocycles. The number of carbonyl (C=O) groups excluding carboxylic acids is 2. The van der Waals surface area contributed by atoms with Gasteiger partial charge in [0.05, 0.1) is 28.7 Å². The van der Waals surface area contributed by atoms with Crippen molar-refractivity contribution < 1.29 is 9.59 Å². The largest absolute Gasteiger partial charge is 0.354 e. The average Bonchev–Trinajstić information content (AvgIpc) is 3.26. The lowest BCUT2D eigenvalue weighted by Crippen LogP contribution is -2.52. The summed E-state index contributed by atoms with van der Waals surface area (Å²) in [5, 5.41) is 7.49. The van der Waals surface area contributed by atoms with Gasteiger partial charge in [0.1, 0.15) is 5.82 Å². The van der Waals surface area contributed by atoms with Crippen molar-refractivity contribution in [2.45, 2.75) is 47.1 Å². The van der Waals surface area contributed by atoms with E-state index in [2.05, 4.69) is 20.4 Å². The van der Waals surface area contributed by atoms with Gasteiger partial charge in [-0.2, -0.15) is 5.10 Å². The lowest BCUT2D eigenvalue weighted by Gasteiger charge is -2.39. The molecule has 1 aromatic carbocycles. The molecule has 0 aliphatic carbocycles. The number of nitrogens with one attached hydrogen (secondary N) is 2. The highest BCUT2D eigenvalue weighted by Gasteiger charge is 2.39. The van der Waals surface area contributed by atoms with Crippen molar-refractivity contribution in [3.63, 3.8) is 0 Å². The number of aryl methyl sites for hydroxylation is 3. The first kappa shape index (κ1) is 21.1. The molecule has 0 radical (unpaired) electrons. The van der Waals surface area contributed by atoms with Gasteiger partial charge in [-0.25, -0.2) is 4.98 Å². The standard InChI is InChI=1S/C23H30N6O2/c1-15-12-16(2)29(27-15)11-9-24-22(31)23(4)8-5-10-28(14-23)21(30)18-6-7-19-20(13-18)26-17(3)25-19/h6-7,12-13H,5,8-11,14H2,1-4H3,(H,24,31)(H,25,26)/t23-/m1/s1. The van der Waals surface area contributed by atoms with Crippen molar-refractivity contribution in [3.8, 4) is 0 Å². The Morgan fingerprint density at radius 2 is 2.03 bits per heavy atom.